The Morgan fingerprint density at radius 1 is 1.54 bits per heavy atom. The second-order valence-corrected chi connectivity index (χ2v) is 5.01. The minimum Gasteiger partial charge on any atom is -0.371 e. The third-order valence-electron chi connectivity index (χ3n) is 3.94. The number of hydrogen-bond acceptors (Lipinski definition) is 2. The standard InChI is InChI=1S/C11H14O2/c1-10(2)7-6-11(7)8(12)4-3-5-9(11)13-10/h3-4,7,9H,5-6H2,1-2H3. The monoisotopic (exact) mass is 178 g/mol. The zero-order chi connectivity index (χ0) is 9.27. The van der Waals surface area contributed by atoms with Gasteiger partial charge in [0.15, 0.2) is 5.78 Å². The Kier molecular flexibility index (Phi) is 1.13. The molecule has 3 aliphatic rings. The van der Waals surface area contributed by atoms with Crippen molar-refractivity contribution in [3.63, 3.8) is 0 Å². The van der Waals surface area contributed by atoms with E-state index in [0.29, 0.717) is 11.7 Å². The first-order chi connectivity index (χ1) is 6.07. The fourth-order valence-corrected chi connectivity index (χ4v) is 3.20. The highest BCUT2D eigenvalue weighted by atomic mass is 16.5. The summed E-state index contributed by atoms with van der Waals surface area (Å²) in [5, 5.41) is 0. The lowest BCUT2D eigenvalue weighted by Crippen LogP contribution is -2.31. The molecule has 13 heavy (non-hydrogen) atoms. The minimum atomic E-state index is -0.0990. The van der Waals surface area contributed by atoms with Crippen LogP contribution in [0.15, 0.2) is 12.2 Å². The van der Waals surface area contributed by atoms with Crippen LogP contribution in [-0.2, 0) is 9.53 Å². The average molecular weight is 178 g/mol. The highest BCUT2D eigenvalue weighted by Gasteiger charge is 2.74. The van der Waals surface area contributed by atoms with Crippen molar-refractivity contribution in [2.75, 3.05) is 0 Å². The van der Waals surface area contributed by atoms with Crippen molar-refractivity contribution in [2.45, 2.75) is 38.4 Å². The molecule has 0 N–H and O–H groups in total. The van der Waals surface area contributed by atoms with Gasteiger partial charge in [0.1, 0.15) is 0 Å². The molecule has 0 bridgehead atoms. The van der Waals surface area contributed by atoms with Crippen LogP contribution in [0.5, 0.6) is 0 Å². The van der Waals surface area contributed by atoms with E-state index in [1.54, 1.807) is 6.08 Å². The second kappa shape index (κ2) is 1.90. The molecule has 0 aromatic rings. The molecule has 0 aromatic carbocycles. The lowest BCUT2D eigenvalue weighted by Gasteiger charge is -2.26. The molecule has 0 radical (unpaired) electrons. The molecule has 2 nitrogen and oxygen atoms in total. The molecule has 1 heterocycles. The average Bonchev–Trinajstić information content (AvgIpc) is 2.71. The van der Waals surface area contributed by atoms with Crippen LogP contribution in [0.1, 0.15) is 26.7 Å². The third kappa shape index (κ3) is 0.715. The van der Waals surface area contributed by atoms with E-state index in [-0.39, 0.29) is 17.1 Å². The maximum absolute atomic E-state index is 11.8. The minimum absolute atomic E-state index is 0.0770. The van der Waals surface area contributed by atoms with Gasteiger partial charge >= 0.3 is 0 Å². The van der Waals surface area contributed by atoms with Gasteiger partial charge in [0, 0.05) is 5.92 Å². The van der Waals surface area contributed by atoms with Gasteiger partial charge < -0.3 is 4.74 Å². The molecule has 70 valence electrons. The highest BCUT2D eigenvalue weighted by molar-refractivity contribution is 5.99. The fraction of sp³-hybridized carbons (Fsp3) is 0.727. The number of rotatable bonds is 0. The number of carbonyl (C=O) groups is 1. The van der Waals surface area contributed by atoms with E-state index < -0.39 is 0 Å². The van der Waals surface area contributed by atoms with E-state index >= 15 is 0 Å². The van der Waals surface area contributed by atoms with E-state index in [9.17, 15) is 4.79 Å². The molecule has 3 unspecified atom stereocenters. The SMILES string of the molecule is CC1(C)OC2CC=CC(=O)C23CC13. The van der Waals surface area contributed by atoms with Gasteiger partial charge in [-0.05, 0) is 32.8 Å². The van der Waals surface area contributed by atoms with Crippen molar-refractivity contribution < 1.29 is 9.53 Å². The molecule has 2 aliphatic carbocycles. The predicted molar refractivity (Wildman–Crippen MR) is 48.3 cm³/mol. The first kappa shape index (κ1) is 7.74. The van der Waals surface area contributed by atoms with Crippen molar-refractivity contribution in [1.82, 2.24) is 0 Å². The number of allylic oxidation sites excluding steroid dienone is 1. The van der Waals surface area contributed by atoms with Crippen molar-refractivity contribution in [3.8, 4) is 0 Å². The van der Waals surface area contributed by atoms with Crippen LogP contribution in [0.25, 0.3) is 0 Å². The van der Waals surface area contributed by atoms with Crippen LogP contribution in [-0.4, -0.2) is 17.5 Å². The van der Waals surface area contributed by atoms with E-state index in [4.69, 9.17) is 4.74 Å². The van der Waals surface area contributed by atoms with Crippen LogP contribution >= 0.6 is 0 Å². The third-order valence-corrected chi connectivity index (χ3v) is 3.94. The van der Waals surface area contributed by atoms with E-state index in [2.05, 4.69) is 13.8 Å². The predicted octanol–water partition coefficient (Wildman–Crippen LogP) is 1.70. The summed E-state index contributed by atoms with van der Waals surface area (Å²) in [5.74, 6) is 0.779. The van der Waals surface area contributed by atoms with Crippen LogP contribution in [0.4, 0.5) is 0 Å². The quantitative estimate of drug-likeness (QED) is 0.564. The molecular weight excluding hydrogens is 164 g/mol. The van der Waals surface area contributed by atoms with Crippen molar-refractivity contribution in [2.24, 2.45) is 11.3 Å². The Morgan fingerprint density at radius 2 is 2.31 bits per heavy atom. The summed E-state index contributed by atoms with van der Waals surface area (Å²) in [6.45, 7) is 4.22. The van der Waals surface area contributed by atoms with Gasteiger partial charge in [-0.25, -0.2) is 0 Å². The molecule has 1 saturated carbocycles. The summed E-state index contributed by atoms with van der Waals surface area (Å²) in [6.07, 6.45) is 5.85. The maximum atomic E-state index is 11.8. The molecule has 0 amide bonds. The van der Waals surface area contributed by atoms with Gasteiger partial charge in [-0.1, -0.05) is 6.08 Å². The zero-order valence-electron chi connectivity index (χ0n) is 8.04. The Labute approximate surface area is 78.0 Å². The van der Waals surface area contributed by atoms with Gasteiger partial charge in [0.05, 0.1) is 17.1 Å². The van der Waals surface area contributed by atoms with Crippen LogP contribution in [0, 0.1) is 11.3 Å². The first-order valence-corrected chi connectivity index (χ1v) is 4.96. The highest BCUT2D eigenvalue weighted by Crippen LogP contribution is 2.69. The lowest BCUT2D eigenvalue weighted by atomic mass is 9.84. The fourth-order valence-electron chi connectivity index (χ4n) is 3.20. The molecule has 2 heteroatoms. The Hall–Kier alpha value is -0.630. The van der Waals surface area contributed by atoms with E-state index in [1.165, 1.54) is 0 Å². The Balaban J connectivity index is 2.05. The zero-order valence-corrected chi connectivity index (χ0v) is 8.04. The summed E-state index contributed by atoms with van der Waals surface area (Å²) in [4.78, 5) is 11.8. The number of ketones is 1. The second-order valence-electron chi connectivity index (χ2n) is 5.01. The normalized spacial score (nSPS) is 50.2. The molecule has 3 atom stereocenters. The van der Waals surface area contributed by atoms with E-state index in [0.717, 1.165) is 12.8 Å². The molecule has 0 aromatic heterocycles. The summed E-state index contributed by atoms with van der Waals surface area (Å²) < 4.78 is 5.90. The topological polar surface area (TPSA) is 26.3 Å². The molecule has 2 fully saturated rings. The Bertz CT molecular complexity index is 316. The number of hydrogen-bond donors (Lipinski definition) is 0. The molecule has 1 aliphatic heterocycles. The van der Waals surface area contributed by atoms with Crippen molar-refractivity contribution in [1.29, 1.82) is 0 Å². The van der Waals surface area contributed by atoms with Crippen molar-refractivity contribution in [3.05, 3.63) is 12.2 Å². The first-order valence-electron chi connectivity index (χ1n) is 4.96. The van der Waals surface area contributed by atoms with Crippen LogP contribution in [0.2, 0.25) is 0 Å². The lowest BCUT2D eigenvalue weighted by molar-refractivity contribution is -0.125. The van der Waals surface area contributed by atoms with Gasteiger partial charge in [0.2, 0.25) is 0 Å². The van der Waals surface area contributed by atoms with Gasteiger partial charge in [-0.15, -0.1) is 0 Å². The summed E-state index contributed by atoms with van der Waals surface area (Å²) in [5.41, 5.74) is -0.176. The van der Waals surface area contributed by atoms with Crippen molar-refractivity contribution >= 4 is 5.78 Å². The molecular formula is C11H14O2. The summed E-state index contributed by atoms with van der Waals surface area (Å²) in [7, 11) is 0. The van der Waals surface area contributed by atoms with Gasteiger partial charge in [-0.2, -0.15) is 0 Å². The van der Waals surface area contributed by atoms with E-state index in [1.807, 2.05) is 6.08 Å². The Morgan fingerprint density at radius 3 is 2.92 bits per heavy atom. The van der Waals surface area contributed by atoms with Gasteiger partial charge in [0.25, 0.3) is 0 Å². The molecule has 1 saturated heterocycles. The maximum Gasteiger partial charge on any atom is 0.164 e. The van der Waals surface area contributed by atoms with Crippen LogP contribution in [0.3, 0.4) is 0 Å². The number of carbonyl (C=O) groups excluding carboxylic acids is 1. The molecule has 3 rings (SSSR count). The number of ether oxygens (including phenoxy) is 1. The van der Waals surface area contributed by atoms with Gasteiger partial charge in [-0.3, -0.25) is 4.79 Å². The summed E-state index contributed by atoms with van der Waals surface area (Å²) >= 11 is 0. The smallest absolute Gasteiger partial charge is 0.164 e. The summed E-state index contributed by atoms with van der Waals surface area (Å²) in [6, 6.07) is 0. The van der Waals surface area contributed by atoms with Crippen LogP contribution < -0.4 is 0 Å². The molecule has 1 spiro atoms. The largest absolute Gasteiger partial charge is 0.371 e.